The highest BCUT2D eigenvalue weighted by molar-refractivity contribution is 5.93. The van der Waals surface area contributed by atoms with Crippen LogP contribution in [0.1, 0.15) is 30.1 Å². The monoisotopic (exact) mass is 291 g/mol. The van der Waals surface area contributed by atoms with Crippen molar-refractivity contribution >= 4 is 11.7 Å². The van der Waals surface area contributed by atoms with E-state index >= 15 is 0 Å². The van der Waals surface area contributed by atoms with Gasteiger partial charge in [-0.2, -0.15) is 0 Å². The van der Waals surface area contributed by atoms with Crippen LogP contribution in [-0.4, -0.2) is 22.6 Å². The van der Waals surface area contributed by atoms with E-state index in [4.69, 9.17) is 9.84 Å². The Morgan fingerprint density at radius 3 is 2.76 bits per heavy atom. The number of carboxylic acid groups (broad SMARTS) is 1. The summed E-state index contributed by atoms with van der Waals surface area (Å²) < 4.78 is 5.56. The van der Waals surface area contributed by atoms with E-state index < -0.39 is 16.6 Å². The molecule has 112 valence electrons. The van der Waals surface area contributed by atoms with Crippen LogP contribution in [0, 0.1) is 22.0 Å². The topological polar surface area (TPSA) is 89.7 Å². The molecule has 1 aromatic rings. The van der Waals surface area contributed by atoms with Gasteiger partial charge in [-0.15, -0.1) is 0 Å². The predicted octanol–water partition coefficient (Wildman–Crippen LogP) is 3.27. The first-order chi connectivity index (χ1) is 10.0. The summed E-state index contributed by atoms with van der Waals surface area (Å²) in [6, 6.07) is 4.10. The Morgan fingerprint density at radius 1 is 1.43 bits per heavy atom. The van der Waals surface area contributed by atoms with Gasteiger partial charge in [-0.05, 0) is 36.8 Å². The van der Waals surface area contributed by atoms with Gasteiger partial charge in [0.25, 0.3) is 0 Å². The van der Waals surface area contributed by atoms with Gasteiger partial charge in [0, 0.05) is 0 Å². The predicted molar refractivity (Wildman–Crippen MR) is 76.6 cm³/mol. The van der Waals surface area contributed by atoms with E-state index in [1.54, 1.807) is 0 Å². The van der Waals surface area contributed by atoms with Gasteiger partial charge in [0.15, 0.2) is 5.75 Å². The highest BCUT2D eigenvalue weighted by Crippen LogP contribution is 2.33. The molecule has 1 aliphatic rings. The van der Waals surface area contributed by atoms with Gasteiger partial charge in [-0.1, -0.05) is 25.1 Å². The summed E-state index contributed by atoms with van der Waals surface area (Å²) in [7, 11) is 0. The second-order valence-electron chi connectivity index (χ2n) is 5.21. The van der Waals surface area contributed by atoms with Gasteiger partial charge in [0.05, 0.1) is 11.5 Å². The SMILES string of the molecule is CC1CC=CCC1COc1cccc(C(=O)O)c1[N+](=O)[O-]. The maximum Gasteiger partial charge on any atom is 0.342 e. The average molecular weight is 291 g/mol. The first-order valence-corrected chi connectivity index (χ1v) is 6.79. The Kier molecular flexibility index (Phi) is 4.57. The van der Waals surface area contributed by atoms with Crippen molar-refractivity contribution in [2.75, 3.05) is 6.61 Å². The first kappa shape index (κ1) is 15.0. The Morgan fingerprint density at radius 2 is 2.14 bits per heavy atom. The standard InChI is InChI=1S/C15H17NO5/c1-10-5-2-3-6-11(10)9-21-13-8-4-7-12(15(17)18)14(13)16(19)20/h2-4,7-8,10-11H,5-6,9H2,1H3,(H,17,18). The van der Waals surface area contributed by atoms with Gasteiger partial charge in [-0.3, -0.25) is 10.1 Å². The van der Waals surface area contributed by atoms with E-state index in [-0.39, 0.29) is 17.2 Å². The fraction of sp³-hybridized carbons (Fsp3) is 0.400. The fourth-order valence-corrected chi connectivity index (χ4v) is 2.44. The van der Waals surface area contributed by atoms with Crippen LogP contribution >= 0.6 is 0 Å². The molecule has 2 rings (SSSR count). The number of benzene rings is 1. The maximum absolute atomic E-state index is 11.1. The number of nitro benzene ring substituents is 1. The molecule has 1 N–H and O–H groups in total. The summed E-state index contributed by atoms with van der Waals surface area (Å²) >= 11 is 0. The number of nitrogens with zero attached hydrogens (tertiary/aromatic N) is 1. The first-order valence-electron chi connectivity index (χ1n) is 6.79. The second kappa shape index (κ2) is 6.39. The van der Waals surface area contributed by atoms with Gasteiger partial charge >= 0.3 is 11.7 Å². The largest absolute Gasteiger partial charge is 0.486 e. The van der Waals surface area contributed by atoms with E-state index in [0.29, 0.717) is 12.5 Å². The van der Waals surface area contributed by atoms with Gasteiger partial charge in [0.2, 0.25) is 0 Å². The lowest BCUT2D eigenvalue weighted by Crippen LogP contribution is -2.21. The van der Waals surface area contributed by atoms with E-state index in [1.165, 1.54) is 18.2 Å². The molecule has 0 aliphatic heterocycles. The summed E-state index contributed by atoms with van der Waals surface area (Å²) in [6.45, 7) is 2.45. The molecule has 0 radical (unpaired) electrons. The summed E-state index contributed by atoms with van der Waals surface area (Å²) in [5.41, 5.74) is -0.835. The zero-order valence-electron chi connectivity index (χ0n) is 11.7. The number of allylic oxidation sites excluding steroid dienone is 2. The molecule has 6 nitrogen and oxygen atoms in total. The molecule has 0 fully saturated rings. The minimum atomic E-state index is -1.33. The highest BCUT2D eigenvalue weighted by Gasteiger charge is 2.26. The molecule has 0 saturated carbocycles. The number of carboxylic acids is 1. The molecule has 0 aromatic heterocycles. The van der Waals surface area contributed by atoms with Crippen LogP contribution in [0.15, 0.2) is 30.4 Å². The molecular weight excluding hydrogens is 274 g/mol. The Balaban J connectivity index is 2.20. The lowest BCUT2D eigenvalue weighted by molar-refractivity contribution is -0.386. The van der Waals surface area contributed by atoms with Crippen LogP contribution in [0.5, 0.6) is 5.75 Å². The van der Waals surface area contributed by atoms with Crippen molar-refractivity contribution in [2.24, 2.45) is 11.8 Å². The van der Waals surface area contributed by atoms with E-state index in [2.05, 4.69) is 19.1 Å². The van der Waals surface area contributed by atoms with Crippen molar-refractivity contribution in [3.63, 3.8) is 0 Å². The summed E-state index contributed by atoms with van der Waals surface area (Å²) in [5, 5.41) is 20.1. The third kappa shape index (κ3) is 3.39. The number of hydrogen-bond donors (Lipinski definition) is 1. The minimum Gasteiger partial charge on any atom is -0.486 e. The van der Waals surface area contributed by atoms with E-state index in [0.717, 1.165) is 12.8 Å². The zero-order valence-corrected chi connectivity index (χ0v) is 11.7. The van der Waals surface area contributed by atoms with Crippen LogP contribution in [0.3, 0.4) is 0 Å². The van der Waals surface area contributed by atoms with Gasteiger partial charge in [-0.25, -0.2) is 4.79 Å². The molecule has 0 spiro atoms. The van der Waals surface area contributed by atoms with E-state index in [9.17, 15) is 14.9 Å². The molecule has 6 heteroatoms. The second-order valence-corrected chi connectivity index (χ2v) is 5.21. The van der Waals surface area contributed by atoms with Gasteiger partial charge in [0.1, 0.15) is 5.56 Å². The Hall–Kier alpha value is -2.37. The number of para-hydroxylation sites is 1. The van der Waals surface area contributed by atoms with Crippen molar-refractivity contribution in [3.05, 3.63) is 46.0 Å². The van der Waals surface area contributed by atoms with Crippen LogP contribution in [-0.2, 0) is 0 Å². The van der Waals surface area contributed by atoms with E-state index in [1.807, 2.05) is 0 Å². The number of rotatable bonds is 5. The van der Waals surface area contributed by atoms with Crippen molar-refractivity contribution in [1.29, 1.82) is 0 Å². The molecule has 1 aliphatic carbocycles. The molecule has 2 unspecified atom stereocenters. The van der Waals surface area contributed by atoms with Crippen molar-refractivity contribution < 1.29 is 19.6 Å². The smallest absolute Gasteiger partial charge is 0.342 e. The van der Waals surface area contributed by atoms with Crippen molar-refractivity contribution in [3.8, 4) is 5.75 Å². The van der Waals surface area contributed by atoms with Gasteiger partial charge < -0.3 is 9.84 Å². The summed E-state index contributed by atoms with van der Waals surface area (Å²) in [6.07, 6.45) is 6.03. The molecular formula is C15H17NO5. The maximum atomic E-state index is 11.1. The third-order valence-electron chi connectivity index (χ3n) is 3.78. The molecule has 1 aromatic carbocycles. The highest BCUT2D eigenvalue weighted by atomic mass is 16.6. The quantitative estimate of drug-likeness (QED) is 0.511. The number of nitro groups is 1. The molecule has 0 heterocycles. The molecule has 21 heavy (non-hydrogen) atoms. The molecule has 0 amide bonds. The summed E-state index contributed by atoms with van der Waals surface area (Å²) in [4.78, 5) is 21.5. The number of ether oxygens (including phenoxy) is 1. The number of aromatic carboxylic acids is 1. The normalized spacial score (nSPS) is 21.0. The number of carbonyl (C=O) groups is 1. The Labute approximate surface area is 122 Å². The average Bonchev–Trinajstić information content (AvgIpc) is 2.45. The summed E-state index contributed by atoms with van der Waals surface area (Å²) in [5.74, 6) is -0.595. The number of hydrogen-bond acceptors (Lipinski definition) is 4. The molecule has 0 bridgehead atoms. The van der Waals surface area contributed by atoms with Crippen molar-refractivity contribution in [2.45, 2.75) is 19.8 Å². The van der Waals surface area contributed by atoms with Crippen LogP contribution in [0.25, 0.3) is 0 Å². The lowest BCUT2D eigenvalue weighted by atomic mass is 9.85. The zero-order chi connectivity index (χ0) is 15.4. The van der Waals surface area contributed by atoms with Crippen LogP contribution in [0.4, 0.5) is 5.69 Å². The third-order valence-corrected chi connectivity index (χ3v) is 3.78. The minimum absolute atomic E-state index is 0.0154. The molecule has 2 atom stereocenters. The van der Waals surface area contributed by atoms with Crippen LogP contribution < -0.4 is 4.74 Å². The molecule has 0 saturated heterocycles. The van der Waals surface area contributed by atoms with Crippen molar-refractivity contribution in [1.82, 2.24) is 0 Å². The lowest BCUT2D eigenvalue weighted by Gasteiger charge is -2.25. The van der Waals surface area contributed by atoms with Crippen LogP contribution in [0.2, 0.25) is 0 Å². The fourth-order valence-electron chi connectivity index (χ4n) is 2.44. The Bertz CT molecular complexity index is 581.